The topological polar surface area (TPSA) is 94.9 Å². The third-order valence-corrected chi connectivity index (χ3v) is 2.04. The number of rotatable bonds is 3. The Morgan fingerprint density at radius 2 is 1.85 bits per heavy atom. The summed E-state index contributed by atoms with van der Waals surface area (Å²) in [7, 11) is 0. The van der Waals surface area contributed by atoms with Crippen molar-refractivity contribution in [1.29, 1.82) is 0 Å². The summed E-state index contributed by atoms with van der Waals surface area (Å²) in [5.74, 6) is 1.34. The van der Waals surface area contributed by atoms with Gasteiger partial charge in [0, 0.05) is 9.77 Å². The average molecular weight is 199 g/mol. The molecule has 70 valence electrons. The summed E-state index contributed by atoms with van der Waals surface area (Å²) < 4.78 is 10.2. The Morgan fingerprint density at radius 3 is 2.23 bits per heavy atom. The highest BCUT2D eigenvalue weighted by molar-refractivity contribution is 7.64. The quantitative estimate of drug-likeness (QED) is 0.675. The van der Waals surface area contributed by atoms with Crippen LogP contribution in [-0.2, 0) is 28.0 Å². The van der Waals surface area contributed by atoms with E-state index in [-0.39, 0.29) is 5.75 Å². The number of anilines is 2. The van der Waals surface area contributed by atoms with Gasteiger partial charge in [0.05, 0.1) is 0 Å². The Balaban J connectivity index is 3.12. The Hall–Kier alpha value is -1.30. The molecule has 0 radical (unpaired) electrons. The summed E-state index contributed by atoms with van der Waals surface area (Å²) >= 11 is 0.399. The second-order valence-electron chi connectivity index (χ2n) is 2.50. The fourth-order valence-electron chi connectivity index (χ4n) is 1.05. The molecule has 13 heavy (non-hydrogen) atoms. The number of hydrogen-bond acceptors (Lipinski definition) is 5. The van der Waals surface area contributed by atoms with Gasteiger partial charge >= 0.3 is 11.7 Å². The first-order valence-electron chi connectivity index (χ1n) is 3.84. The van der Waals surface area contributed by atoms with Crippen molar-refractivity contribution in [2.45, 2.75) is 19.1 Å². The van der Waals surface area contributed by atoms with Crippen molar-refractivity contribution in [2.24, 2.45) is 0 Å². The van der Waals surface area contributed by atoms with Crippen LogP contribution in [0.1, 0.15) is 18.3 Å². The predicted molar refractivity (Wildman–Crippen MR) is 52.0 cm³/mol. The first-order valence-corrected chi connectivity index (χ1v) is 4.75. The summed E-state index contributed by atoms with van der Waals surface area (Å²) in [6.45, 7) is 1.92. The van der Waals surface area contributed by atoms with Crippen molar-refractivity contribution in [3.8, 4) is 0 Å². The Labute approximate surface area is 80.1 Å². The maximum atomic E-state index is 10.2. The molecule has 4 N–H and O–H groups in total. The summed E-state index contributed by atoms with van der Waals surface area (Å²) in [5.41, 5.74) is 12.0. The molecule has 1 rings (SSSR count). The monoisotopic (exact) mass is 199 g/mol. The van der Waals surface area contributed by atoms with Crippen LogP contribution in [0.4, 0.5) is 11.6 Å². The standard InChI is InChI=1S/C7H11N4OS/c1-2-4-6(8)10-5(3-13-12)11-7(4)9/h2-3H2,1H3,(H4,8,9,10,11)/q+1. The summed E-state index contributed by atoms with van der Waals surface area (Å²) in [4.78, 5) is 7.92. The zero-order chi connectivity index (χ0) is 9.84. The summed E-state index contributed by atoms with van der Waals surface area (Å²) in [6.07, 6.45) is 0.697. The second-order valence-corrected chi connectivity index (χ2v) is 3.03. The van der Waals surface area contributed by atoms with Crippen LogP contribution in [0.3, 0.4) is 0 Å². The lowest BCUT2D eigenvalue weighted by Crippen LogP contribution is -2.08. The molecule has 0 aliphatic carbocycles. The molecular weight excluding hydrogens is 188 g/mol. The normalized spacial score (nSPS) is 9.92. The molecule has 0 fully saturated rings. The molecule has 1 aromatic heterocycles. The van der Waals surface area contributed by atoms with E-state index in [0.29, 0.717) is 35.5 Å². The van der Waals surface area contributed by atoms with Gasteiger partial charge in [-0.2, -0.15) is 0 Å². The number of hydrogen-bond donors (Lipinski definition) is 2. The predicted octanol–water partition coefficient (Wildman–Crippen LogP) is 0.132. The lowest BCUT2D eigenvalue weighted by Gasteiger charge is -2.04. The highest BCUT2D eigenvalue weighted by Crippen LogP contribution is 2.15. The van der Waals surface area contributed by atoms with Gasteiger partial charge in [0.2, 0.25) is 0 Å². The third kappa shape index (κ3) is 2.09. The van der Waals surface area contributed by atoms with Gasteiger partial charge in [0.15, 0.2) is 5.82 Å². The van der Waals surface area contributed by atoms with Crippen LogP contribution in [-0.4, -0.2) is 9.97 Å². The van der Waals surface area contributed by atoms with E-state index >= 15 is 0 Å². The fraction of sp³-hybridized carbons (Fsp3) is 0.429. The first-order chi connectivity index (χ1) is 6.19. The van der Waals surface area contributed by atoms with Gasteiger partial charge in [-0.05, 0) is 6.42 Å². The van der Waals surface area contributed by atoms with E-state index in [0.717, 1.165) is 5.56 Å². The molecule has 0 aliphatic rings. The van der Waals surface area contributed by atoms with Crippen LogP contribution >= 0.6 is 0 Å². The number of nitrogen functional groups attached to an aromatic ring is 2. The van der Waals surface area contributed by atoms with Crippen LogP contribution in [0.25, 0.3) is 0 Å². The average Bonchev–Trinajstić information content (AvgIpc) is 2.04. The van der Waals surface area contributed by atoms with Gasteiger partial charge in [0.1, 0.15) is 11.6 Å². The van der Waals surface area contributed by atoms with Gasteiger partial charge in [0.25, 0.3) is 5.75 Å². The van der Waals surface area contributed by atoms with Crippen molar-refractivity contribution < 1.29 is 4.21 Å². The van der Waals surface area contributed by atoms with E-state index in [9.17, 15) is 4.21 Å². The maximum absolute atomic E-state index is 10.2. The lowest BCUT2D eigenvalue weighted by atomic mass is 10.2. The molecular formula is C7H11N4OS+. The Kier molecular flexibility index (Phi) is 3.07. The minimum absolute atomic E-state index is 0.193. The molecule has 6 heteroatoms. The van der Waals surface area contributed by atoms with E-state index in [1.807, 2.05) is 6.92 Å². The minimum Gasteiger partial charge on any atom is -0.383 e. The minimum atomic E-state index is 0.193. The molecule has 0 bridgehead atoms. The van der Waals surface area contributed by atoms with Gasteiger partial charge in [-0.25, -0.2) is 9.97 Å². The van der Waals surface area contributed by atoms with Gasteiger partial charge in [-0.3, -0.25) is 0 Å². The first kappa shape index (κ1) is 9.79. The van der Waals surface area contributed by atoms with Crippen molar-refractivity contribution in [3.63, 3.8) is 0 Å². The highest BCUT2D eigenvalue weighted by atomic mass is 32.1. The van der Waals surface area contributed by atoms with Gasteiger partial charge in [-0.1, -0.05) is 6.92 Å². The van der Waals surface area contributed by atoms with Crippen molar-refractivity contribution in [3.05, 3.63) is 11.4 Å². The zero-order valence-electron chi connectivity index (χ0n) is 7.28. The molecule has 1 aromatic rings. The van der Waals surface area contributed by atoms with Crippen LogP contribution < -0.4 is 11.5 Å². The van der Waals surface area contributed by atoms with Crippen LogP contribution in [0.15, 0.2) is 0 Å². The highest BCUT2D eigenvalue weighted by Gasteiger charge is 2.12. The van der Waals surface area contributed by atoms with Crippen molar-refractivity contribution >= 4 is 23.3 Å². The van der Waals surface area contributed by atoms with E-state index < -0.39 is 0 Å². The molecule has 0 aliphatic heterocycles. The molecule has 0 saturated carbocycles. The van der Waals surface area contributed by atoms with E-state index in [4.69, 9.17) is 11.5 Å². The van der Waals surface area contributed by atoms with Crippen LogP contribution in [0.5, 0.6) is 0 Å². The fourth-order valence-corrected chi connectivity index (χ4v) is 1.28. The number of nitrogens with two attached hydrogens (primary N) is 2. The molecule has 0 aromatic carbocycles. The van der Waals surface area contributed by atoms with Crippen molar-refractivity contribution in [2.75, 3.05) is 11.5 Å². The van der Waals surface area contributed by atoms with Crippen LogP contribution in [0.2, 0.25) is 0 Å². The molecule has 0 atom stereocenters. The SMILES string of the molecule is CCc1c(N)nc(C[S+]=O)nc1N. The number of aromatic nitrogens is 2. The third-order valence-electron chi connectivity index (χ3n) is 1.66. The summed E-state index contributed by atoms with van der Waals surface area (Å²) in [6, 6.07) is 0. The molecule has 0 spiro atoms. The summed E-state index contributed by atoms with van der Waals surface area (Å²) in [5, 5.41) is 0. The Morgan fingerprint density at radius 1 is 1.31 bits per heavy atom. The molecule has 0 amide bonds. The molecule has 1 heterocycles. The molecule has 0 saturated heterocycles. The largest absolute Gasteiger partial charge is 0.467 e. The second kappa shape index (κ2) is 4.08. The number of nitrogens with zero attached hydrogens (tertiary/aromatic N) is 2. The van der Waals surface area contributed by atoms with Gasteiger partial charge in [-0.15, -0.1) is 0 Å². The van der Waals surface area contributed by atoms with Gasteiger partial charge < -0.3 is 11.5 Å². The van der Waals surface area contributed by atoms with E-state index in [2.05, 4.69) is 9.97 Å². The zero-order valence-corrected chi connectivity index (χ0v) is 8.10. The molecule has 5 nitrogen and oxygen atoms in total. The van der Waals surface area contributed by atoms with E-state index in [1.54, 1.807) is 0 Å². The molecule has 0 unspecified atom stereocenters. The lowest BCUT2D eigenvalue weighted by molar-refractivity contribution is 0.604. The van der Waals surface area contributed by atoms with Crippen molar-refractivity contribution in [1.82, 2.24) is 9.97 Å². The van der Waals surface area contributed by atoms with E-state index in [1.165, 1.54) is 0 Å². The smallest absolute Gasteiger partial charge is 0.383 e. The Bertz CT molecular complexity index is 305. The van der Waals surface area contributed by atoms with Crippen LogP contribution in [0, 0.1) is 0 Å². The maximum Gasteiger partial charge on any atom is 0.467 e.